The van der Waals surface area contributed by atoms with Crippen molar-refractivity contribution in [3.63, 3.8) is 0 Å². The Balaban J connectivity index is 1.60. The van der Waals surface area contributed by atoms with Crippen LogP contribution in [0.15, 0.2) is 39.9 Å². The second-order valence-electron chi connectivity index (χ2n) is 4.82. The summed E-state index contributed by atoms with van der Waals surface area (Å²) in [5, 5.41) is 14.5. The number of ether oxygens (including phenoxy) is 1. The second-order valence-corrected chi connectivity index (χ2v) is 4.82. The van der Waals surface area contributed by atoms with Gasteiger partial charge in [-0.15, -0.1) is 0 Å². The number of cyclic esters (lactones) is 1. The van der Waals surface area contributed by atoms with Crippen molar-refractivity contribution in [2.75, 3.05) is 5.73 Å². The number of fused-ring (bicyclic) bond motifs is 1. The fourth-order valence-corrected chi connectivity index (χ4v) is 2.25. The number of rotatable bonds is 3. The smallest absolute Gasteiger partial charge is 0.338 e. The van der Waals surface area contributed by atoms with Crippen LogP contribution in [0.5, 0.6) is 0 Å². The zero-order valence-corrected chi connectivity index (χ0v) is 11.7. The van der Waals surface area contributed by atoms with Crippen molar-refractivity contribution in [1.82, 2.24) is 20.3 Å². The predicted octanol–water partition coefficient (Wildman–Crippen LogP) is 1.07. The molecule has 0 saturated carbocycles. The molecular formula is C14H10N6O3. The first-order valence-corrected chi connectivity index (χ1v) is 6.69. The highest BCUT2D eigenvalue weighted by Gasteiger charge is 2.21. The van der Waals surface area contributed by atoms with Gasteiger partial charge in [0, 0.05) is 11.1 Å². The van der Waals surface area contributed by atoms with Gasteiger partial charge in [-0.1, -0.05) is 16.0 Å². The van der Waals surface area contributed by atoms with Crippen molar-refractivity contribution < 1.29 is 13.9 Å². The normalized spacial score (nSPS) is 13.5. The topological polar surface area (TPSA) is 121 Å². The van der Waals surface area contributed by atoms with Gasteiger partial charge < -0.3 is 14.9 Å². The molecule has 4 rings (SSSR count). The lowest BCUT2D eigenvalue weighted by Crippen LogP contribution is -1.99. The summed E-state index contributed by atoms with van der Waals surface area (Å²) < 4.78 is 10.7. The molecule has 0 atom stereocenters. The van der Waals surface area contributed by atoms with Gasteiger partial charge in [0.15, 0.2) is 0 Å². The Morgan fingerprint density at radius 1 is 1.30 bits per heavy atom. The molecule has 1 aromatic carbocycles. The van der Waals surface area contributed by atoms with Crippen LogP contribution in [0.1, 0.15) is 21.7 Å². The number of nitrogen functional groups attached to an aromatic ring is 1. The van der Waals surface area contributed by atoms with Gasteiger partial charge in [-0.25, -0.2) is 4.79 Å². The SMILES string of the molecule is Nc1nnnn1/N=C/c1ccc(-c2ccc3c(c2)COC3=O)o1. The number of tetrazole rings is 1. The number of esters is 1. The molecule has 1 aliphatic heterocycles. The Hall–Kier alpha value is -3.49. The van der Waals surface area contributed by atoms with Crippen molar-refractivity contribution in [3.05, 3.63) is 47.2 Å². The highest BCUT2D eigenvalue weighted by atomic mass is 16.5. The highest BCUT2D eigenvalue weighted by Crippen LogP contribution is 2.28. The van der Waals surface area contributed by atoms with E-state index in [1.165, 1.54) is 6.21 Å². The maximum Gasteiger partial charge on any atom is 0.338 e. The molecule has 2 N–H and O–H groups in total. The molecule has 0 spiro atoms. The maximum absolute atomic E-state index is 11.5. The summed E-state index contributed by atoms with van der Waals surface area (Å²) in [6.45, 7) is 0.287. The second kappa shape index (κ2) is 5.05. The summed E-state index contributed by atoms with van der Waals surface area (Å²) in [7, 11) is 0. The lowest BCUT2D eigenvalue weighted by molar-refractivity contribution is 0.0535. The molecule has 0 bridgehead atoms. The van der Waals surface area contributed by atoms with Crippen molar-refractivity contribution in [1.29, 1.82) is 0 Å². The van der Waals surface area contributed by atoms with E-state index in [4.69, 9.17) is 14.9 Å². The summed E-state index contributed by atoms with van der Waals surface area (Å²) in [5.74, 6) is 0.954. The molecule has 2 aromatic heterocycles. The molecule has 0 unspecified atom stereocenters. The lowest BCUT2D eigenvalue weighted by atomic mass is 10.0. The predicted molar refractivity (Wildman–Crippen MR) is 78.5 cm³/mol. The van der Waals surface area contributed by atoms with E-state index in [1.807, 2.05) is 18.2 Å². The third-order valence-corrected chi connectivity index (χ3v) is 3.37. The van der Waals surface area contributed by atoms with Crippen molar-refractivity contribution in [2.45, 2.75) is 6.61 Å². The van der Waals surface area contributed by atoms with Crippen LogP contribution < -0.4 is 5.73 Å². The minimum absolute atomic E-state index is 0.0799. The number of benzene rings is 1. The molecule has 0 radical (unpaired) electrons. The van der Waals surface area contributed by atoms with E-state index in [-0.39, 0.29) is 18.5 Å². The Morgan fingerprint density at radius 3 is 3.04 bits per heavy atom. The van der Waals surface area contributed by atoms with Crippen LogP contribution in [0.4, 0.5) is 5.95 Å². The van der Waals surface area contributed by atoms with Crippen LogP contribution in [0, 0.1) is 0 Å². The van der Waals surface area contributed by atoms with Gasteiger partial charge in [0.2, 0.25) is 0 Å². The first kappa shape index (κ1) is 13.2. The van der Waals surface area contributed by atoms with E-state index >= 15 is 0 Å². The van der Waals surface area contributed by atoms with Gasteiger partial charge >= 0.3 is 5.97 Å². The number of nitrogens with two attached hydrogens (primary N) is 1. The first-order chi connectivity index (χ1) is 11.2. The van der Waals surface area contributed by atoms with Gasteiger partial charge in [0.05, 0.1) is 11.8 Å². The van der Waals surface area contributed by atoms with Crippen molar-refractivity contribution in [3.8, 4) is 11.3 Å². The minimum atomic E-state index is -0.294. The van der Waals surface area contributed by atoms with Gasteiger partial charge in [0.25, 0.3) is 5.95 Å². The van der Waals surface area contributed by atoms with Crippen LogP contribution in [-0.4, -0.2) is 32.5 Å². The van der Waals surface area contributed by atoms with E-state index in [0.29, 0.717) is 17.1 Å². The fraction of sp³-hybridized carbons (Fsp3) is 0.0714. The van der Waals surface area contributed by atoms with Gasteiger partial charge in [-0.2, -0.15) is 5.10 Å². The largest absolute Gasteiger partial charge is 0.457 e. The molecule has 23 heavy (non-hydrogen) atoms. The number of furan rings is 1. The number of carbonyl (C=O) groups is 1. The summed E-state index contributed by atoms with van der Waals surface area (Å²) in [4.78, 5) is 12.5. The molecule has 0 aliphatic carbocycles. The van der Waals surface area contributed by atoms with Crippen LogP contribution in [0.2, 0.25) is 0 Å². The van der Waals surface area contributed by atoms with Crippen LogP contribution in [-0.2, 0) is 11.3 Å². The number of nitrogens with zero attached hydrogens (tertiary/aromatic N) is 5. The highest BCUT2D eigenvalue weighted by molar-refractivity contribution is 5.94. The molecule has 0 fully saturated rings. The molecule has 114 valence electrons. The standard InChI is InChI=1S/C14H10N6O3/c15-14-17-18-19-20(14)16-6-10-2-4-12(23-10)8-1-3-11-9(5-8)7-22-13(11)21/h1-6H,7H2,(H2,15,17,19)/b16-6+. The molecule has 1 aliphatic rings. The van der Waals surface area contributed by atoms with Gasteiger partial charge in [-0.05, 0) is 34.7 Å². The van der Waals surface area contributed by atoms with E-state index in [9.17, 15) is 4.79 Å². The van der Waals surface area contributed by atoms with E-state index in [1.54, 1.807) is 12.1 Å². The Bertz CT molecular complexity index is 926. The number of hydrogen-bond acceptors (Lipinski definition) is 8. The number of aromatic nitrogens is 4. The first-order valence-electron chi connectivity index (χ1n) is 6.69. The van der Waals surface area contributed by atoms with E-state index < -0.39 is 0 Å². The lowest BCUT2D eigenvalue weighted by Gasteiger charge is -1.99. The molecule has 9 heteroatoms. The molecule has 9 nitrogen and oxygen atoms in total. The van der Waals surface area contributed by atoms with Crippen molar-refractivity contribution >= 4 is 18.1 Å². The Morgan fingerprint density at radius 2 is 2.22 bits per heavy atom. The summed E-state index contributed by atoms with van der Waals surface area (Å²) >= 11 is 0. The summed E-state index contributed by atoms with van der Waals surface area (Å²) in [6.07, 6.45) is 1.45. The monoisotopic (exact) mass is 310 g/mol. The average Bonchev–Trinajstić information content (AvgIpc) is 3.26. The Kier molecular flexibility index (Phi) is 2.90. The summed E-state index contributed by atoms with van der Waals surface area (Å²) in [5.41, 5.74) is 7.80. The van der Waals surface area contributed by atoms with Gasteiger partial charge in [0.1, 0.15) is 18.1 Å². The zero-order valence-electron chi connectivity index (χ0n) is 11.7. The van der Waals surface area contributed by atoms with Crippen LogP contribution >= 0.6 is 0 Å². The summed E-state index contributed by atoms with van der Waals surface area (Å²) in [6, 6.07) is 8.99. The molecule has 3 heterocycles. The third-order valence-electron chi connectivity index (χ3n) is 3.37. The minimum Gasteiger partial charge on any atom is -0.457 e. The third kappa shape index (κ3) is 2.33. The number of carbonyl (C=O) groups excluding carboxylic acids is 1. The molecular weight excluding hydrogens is 300 g/mol. The average molecular weight is 310 g/mol. The van der Waals surface area contributed by atoms with Crippen molar-refractivity contribution in [2.24, 2.45) is 5.10 Å². The van der Waals surface area contributed by atoms with E-state index in [0.717, 1.165) is 15.9 Å². The Labute approximate surface area is 129 Å². The fourth-order valence-electron chi connectivity index (χ4n) is 2.25. The van der Waals surface area contributed by atoms with Gasteiger partial charge in [-0.3, -0.25) is 0 Å². The molecule has 3 aromatic rings. The number of hydrogen-bond donors (Lipinski definition) is 1. The van der Waals surface area contributed by atoms with Crippen LogP contribution in [0.3, 0.4) is 0 Å². The zero-order chi connectivity index (χ0) is 15.8. The van der Waals surface area contributed by atoms with E-state index in [2.05, 4.69) is 20.6 Å². The molecule has 0 saturated heterocycles. The maximum atomic E-state index is 11.5. The number of anilines is 1. The molecule has 0 amide bonds. The quantitative estimate of drug-likeness (QED) is 0.567. The van der Waals surface area contributed by atoms with Crippen LogP contribution in [0.25, 0.3) is 11.3 Å².